The summed E-state index contributed by atoms with van der Waals surface area (Å²) in [5.74, 6) is 4.00. The first kappa shape index (κ1) is 14.4. The maximum atomic E-state index is 13.4. The molecule has 2 aromatic carbocycles. The number of hydrazine groups is 1. The molecular formula is C13H11FN4O3. The number of carbonyl (C=O) groups is 1. The lowest BCUT2D eigenvalue weighted by Crippen LogP contribution is -2.15. The van der Waals surface area contributed by atoms with E-state index < -0.39 is 16.6 Å². The maximum absolute atomic E-state index is 13.4. The number of rotatable bonds is 4. The van der Waals surface area contributed by atoms with Gasteiger partial charge in [-0.3, -0.25) is 20.8 Å². The third kappa shape index (κ3) is 3.12. The monoisotopic (exact) mass is 290 g/mol. The molecule has 0 heterocycles. The normalized spacial score (nSPS) is 10.0. The van der Waals surface area contributed by atoms with Crippen LogP contribution in [0.1, 0.15) is 10.4 Å². The number of anilines is 2. The van der Waals surface area contributed by atoms with Crippen LogP contribution in [0.5, 0.6) is 0 Å². The molecule has 21 heavy (non-hydrogen) atoms. The van der Waals surface area contributed by atoms with E-state index in [0.29, 0.717) is 0 Å². The Morgan fingerprint density at radius 2 is 1.90 bits per heavy atom. The van der Waals surface area contributed by atoms with E-state index in [1.54, 1.807) is 6.07 Å². The van der Waals surface area contributed by atoms with Crippen molar-refractivity contribution in [1.82, 2.24) is 0 Å². The SMILES string of the molecule is NNc1cc(C(=O)Nc2ccccc2F)ccc1[N+](=O)[O-]. The minimum Gasteiger partial charge on any atom is -0.319 e. The fraction of sp³-hybridized carbons (Fsp3) is 0. The first-order valence-electron chi connectivity index (χ1n) is 5.84. The number of nitrogens with two attached hydrogens (primary N) is 1. The molecule has 8 heteroatoms. The highest BCUT2D eigenvalue weighted by Gasteiger charge is 2.16. The van der Waals surface area contributed by atoms with Crippen molar-refractivity contribution in [3.05, 3.63) is 64.0 Å². The fourth-order valence-corrected chi connectivity index (χ4v) is 1.71. The van der Waals surface area contributed by atoms with Gasteiger partial charge < -0.3 is 10.7 Å². The van der Waals surface area contributed by atoms with E-state index in [4.69, 9.17) is 5.84 Å². The van der Waals surface area contributed by atoms with Crippen LogP contribution in [0.4, 0.5) is 21.5 Å². The molecule has 4 N–H and O–H groups in total. The average Bonchev–Trinajstić information content (AvgIpc) is 2.48. The zero-order valence-corrected chi connectivity index (χ0v) is 10.7. The number of amides is 1. The molecule has 0 aliphatic carbocycles. The Balaban J connectivity index is 2.28. The van der Waals surface area contributed by atoms with Gasteiger partial charge in [-0.05, 0) is 24.3 Å². The van der Waals surface area contributed by atoms with Crippen LogP contribution in [0.25, 0.3) is 0 Å². The first-order chi connectivity index (χ1) is 10.0. The summed E-state index contributed by atoms with van der Waals surface area (Å²) in [6, 6.07) is 9.29. The van der Waals surface area contributed by atoms with Crippen LogP contribution < -0.4 is 16.6 Å². The molecule has 0 saturated carbocycles. The molecule has 0 atom stereocenters. The molecule has 7 nitrogen and oxygen atoms in total. The smallest absolute Gasteiger partial charge is 0.293 e. The number of nitrogen functional groups attached to an aromatic ring is 1. The highest BCUT2D eigenvalue weighted by atomic mass is 19.1. The molecule has 0 radical (unpaired) electrons. The van der Waals surface area contributed by atoms with E-state index in [0.717, 1.165) is 6.07 Å². The lowest BCUT2D eigenvalue weighted by molar-refractivity contribution is -0.384. The molecule has 0 unspecified atom stereocenters. The first-order valence-corrected chi connectivity index (χ1v) is 5.84. The number of carbonyl (C=O) groups excluding carboxylic acids is 1. The number of nitrogens with zero attached hydrogens (tertiary/aromatic N) is 1. The number of nitrogens with one attached hydrogen (secondary N) is 2. The summed E-state index contributed by atoms with van der Waals surface area (Å²) in [5.41, 5.74) is 2.00. The van der Waals surface area contributed by atoms with Crippen LogP contribution in [0.15, 0.2) is 42.5 Å². The number of para-hydroxylation sites is 1. The second-order valence-corrected chi connectivity index (χ2v) is 4.07. The lowest BCUT2D eigenvalue weighted by atomic mass is 10.1. The summed E-state index contributed by atoms with van der Waals surface area (Å²) in [5, 5.41) is 13.1. The second kappa shape index (κ2) is 5.97. The van der Waals surface area contributed by atoms with Crippen molar-refractivity contribution in [3.8, 4) is 0 Å². The Morgan fingerprint density at radius 1 is 1.19 bits per heavy atom. The molecule has 0 bridgehead atoms. The number of benzene rings is 2. The summed E-state index contributed by atoms with van der Waals surface area (Å²) >= 11 is 0. The third-order valence-corrected chi connectivity index (χ3v) is 2.73. The minimum atomic E-state index is -0.631. The Bertz CT molecular complexity index is 706. The van der Waals surface area contributed by atoms with Crippen molar-refractivity contribution in [2.24, 2.45) is 5.84 Å². The second-order valence-electron chi connectivity index (χ2n) is 4.07. The zero-order chi connectivity index (χ0) is 15.4. The maximum Gasteiger partial charge on any atom is 0.293 e. The van der Waals surface area contributed by atoms with Crippen LogP contribution >= 0.6 is 0 Å². The van der Waals surface area contributed by atoms with E-state index >= 15 is 0 Å². The zero-order valence-electron chi connectivity index (χ0n) is 10.7. The summed E-state index contributed by atoms with van der Waals surface area (Å²) in [4.78, 5) is 22.1. The molecule has 0 saturated heterocycles. The largest absolute Gasteiger partial charge is 0.319 e. The van der Waals surface area contributed by atoms with Gasteiger partial charge in [-0.25, -0.2) is 4.39 Å². The molecule has 0 spiro atoms. The molecule has 0 aliphatic heterocycles. The number of nitro benzene ring substituents is 1. The average molecular weight is 290 g/mol. The summed E-state index contributed by atoms with van der Waals surface area (Å²) in [6.45, 7) is 0. The minimum absolute atomic E-state index is 0.0128. The Kier molecular flexibility index (Phi) is 4.10. The van der Waals surface area contributed by atoms with E-state index in [1.165, 1.54) is 30.3 Å². The molecule has 2 aromatic rings. The van der Waals surface area contributed by atoms with Gasteiger partial charge in [0.1, 0.15) is 11.5 Å². The van der Waals surface area contributed by atoms with Crippen molar-refractivity contribution in [1.29, 1.82) is 0 Å². The molecule has 108 valence electrons. The van der Waals surface area contributed by atoms with Crippen molar-refractivity contribution in [3.63, 3.8) is 0 Å². The Morgan fingerprint density at radius 3 is 2.52 bits per heavy atom. The van der Waals surface area contributed by atoms with Gasteiger partial charge in [0.2, 0.25) is 0 Å². The predicted molar refractivity (Wildman–Crippen MR) is 75.3 cm³/mol. The van der Waals surface area contributed by atoms with Crippen LogP contribution in [0.2, 0.25) is 0 Å². The highest BCUT2D eigenvalue weighted by molar-refractivity contribution is 6.05. The lowest BCUT2D eigenvalue weighted by Gasteiger charge is -2.08. The topological polar surface area (TPSA) is 110 Å². The van der Waals surface area contributed by atoms with Gasteiger partial charge >= 0.3 is 0 Å². The van der Waals surface area contributed by atoms with E-state index in [9.17, 15) is 19.3 Å². The van der Waals surface area contributed by atoms with E-state index in [1.807, 2.05) is 0 Å². The van der Waals surface area contributed by atoms with Crippen molar-refractivity contribution in [2.75, 3.05) is 10.7 Å². The van der Waals surface area contributed by atoms with Gasteiger partial charge in [0.05, 0.1) is 10.6 Å². The molecule has 1 amide bonds. The highest BCUT2D eigenvalue weighted by Crippen LogP contribution is 2.25. The van der Waals surface area contributed by atoms with Crippen LogP contribution in [0, 0.1) is 15.9 Å². The quantitative estimate of drug-likeness (QED) is 0.454. The summed E-state index contributed by atoms with van der Waals surface area (Å²) < 4.78 is 13.4. The molecule has 0 fully saturated rings. The van der Waals surface area contributed by atoms with Gasteiger partial charge in [0.25, 0.3) is 11.6 Å². The van der Waals surface area contributed by atoms with Crippen LogP contribution in [-0.4, -0.2) is 10.8 Å². The third-order valence-electron chi connectivity index (χ3n) is 2.73. The number of hydrogen-bond acceptors (Lipinski definition) is 5. The van der Waals surface area contributed by atoms with Gasteiger partial charge in [0, 0.05) is 11.6 Å². The van der Waals surface area contributed by atoms with Gasteiger partial charge in [0.15, 0.2) is 0 Å². The van der Waals surface area contributed by atoms with Crippen LogP contribution in [0.3, 0.4) is 0 Å². The molecule has 0 aromatic heterocycles. The number of halogens is 1. The predicted octanol–water partition coefficient (Wildman–Crippen LogP) is 2.27. The number of hydrogen-bond donors (Lipinski definition) is 3. The molecule has 2 rings (SSSR count). The van der Waals surface area contributed by atoms with E-state index in [2.05, 4.69) is 10.7 Å². The Labute approximate surface area is 118 Å². The van der Waals surface area contributed by atoms with Gasteiger partial charge in [-0.1, -0.05) is 12.1 Å². The summed E-state index contributed by atoms with van der Waals surface area (Å²) in [6.07, 6.45) is 0. The van der Waals surface area contributed by atoms with E-state index in [-0.39, 0.29) is 22.6 Å². The van der Waals surface area contributed by atoms with Crippen molar-refractivity contribution < 1.29 is 14.1 Å². The van der Waals surface area contributed by atoms with Crippen molar-refractivity contribution in [2.45, 2.75) is 0 Å². The van der Waals surface area contributed by atoms with Crippen molar-refractivity contribution >= 4 is 23.0 Å². The van der Waals surface area contributed by atoms with Crippen LogP contribution in [-0.2, 0) is 0 Å². The standard InChI is InChI=1S/C13H11FN4O3/c14-9-3-1-2-4-10(9)16-13(19)8-5-6-12(18(20)21)11(7-8)17-15/h1-7,17H,15H2,(H,16,19). The Hall–Kier alpha value is -3.00. The van der Waals surface area contributed by atoms with Gasteiger partial charge in [-0.2, -0.15) is 0 Å². The molecular weight excluding hydrogens is 279 g/mol. The van der Waals surface area contributed by atoms with Gasteiger partial charge in [-0.15, -0.1) is 0 Å². The molecule has 0 aliphatic rings. The number of nitro groups is 1. The summed E-state index contributed by atoms with van der Waals surface area (Å²) in [7, 11) is 0. The fourth-order valence-electron chi connectivity index (χ4n) is 1.71.